The maximum absolute atomic E-state index is 9.94. The number of hydrogen-bond acceptors (Lipinski definition) is 1. The first kappa shape index (κ1) is 6.89. The molecule has 0 unspecified atom stereocenters. The molecule has 0 N–H and O–H groups in total. The van der Waals surface area contributed by atoms with E-state index in [0.29, 0.717) is 5.57 Å². The van der Waals surface area contributed by atoms with Crippen molar-refractivity contribution in [3.8, 4) is 0 Å². The van der Waals surface area contributed by atoms with E-state index in [-0.39, 0.29) is 0 Å². The van der Waals surface area contributed by atoms with Crippen LogP contribution in [0.1, 0.15) is 0 Å². The molecule has 0 saturated carbocycles. The van der Waals surface area contributed by atoms with Gasteiger partial charge in [0.05, 0.1) is 0 Å². The van der Waals surface area contributed by atoms with Gasteiger partial charge in [-0.3, -0.25) is 4.79 Å². The number of hydrogen-bond donors (Lipinski definition) is 0. The third kappa shape index (κ3) is 2.13. The molecule has 0 spiro atoms. The number of carbonyl (C=O) groups excluding carboxylic acids is 1. The summed E-state index contributed by atoms with van der Waals surface area (Å²) >= 11 is 0. The molecule has 0 aliphatic rings. The highest BCUT2D eigenvalue weighted by Crippen LogP contribution is 1.88. The molecule has 0 atom stereocenters. The second-order valence-corrected chi connectivity index (χ2v) is 1.22. The third-order valence-corrected chi connectivity index (χ3v) is 0.682. The minimum atomic E-state index is 0.556. The van der Waals surface area contributed by atoms with Crippen LogP contribution >= 0.6 is 0 Å². The predicted octanol–water partition coefficient (Wildman–Crippen LogP) is 1.48. The van der Waals surface area contributed by atoms with E-state index in [2.05, 4.69) is 13.2 Å². The molecular weight excluding hydrogens is 100 g/mol. The van der Waals surface area contributed by atoms with Gasteiger partial charge in [0.15, 0.2) is 0 Å². The summed E-state index contributed by atoms with van der Waals surface area (Å²) in [6.45, 7) is 6.82. The van der Waals surface area contributed by atoms with Crippen LogP contribution in [0, 0.1) is 0 Å². The van der Waals surface area contributed by atoms with E-state index in [1.165, 1.54) is 6.08 Å². The molecule has 0 amide bonds. The van der Waals surface area contributed by atoms with E-state index in [4.69, 9.17) is 0 Å². The van der Waals surface area contributed by atoms with Gasteiger partial charge >= 0.3 is 0 Å². The number of allylic oxidation sites excluding steroid dienone is 4. The average molecular weight is 108 g/mol. The first-order valence-electron chi connectivity index (χ1n) is 2.25. The quantitative estimate of drug-likeness (QED) is 0.304. The summed E-state index contributed by atoms with van der Waals surface area (Å²) in [7, 11) is 0. The zero-order valence-electron chi connectivity index (χ0n) is 4.63. The second kappa shape index (κ2) is 4.06. The lowest BCUT2D eigenvalue weighted by Gasteiger charge is -1.79. The Balaban J connectivity index is 4.05. The number of aldehydes is 1. The fourth-order valence-corrected chi connectivity index (χ4v) is 0.292. The van der Waals surface area contributed by atoms with E-state index < -0.39 is 0 Å². The number of carbonyl (C=O) groups is 1. The Bertz CT molecular complexity index is 121. The predicted molar refractivity (Wildman–Crippen MR) is 34.5 cm³/mol. The first-order valence-corrected chi connectivity index (χ1v) is 2.25. The highest BCUT2D eigenvalue weighted by atomic mass is 16.1. The molecule has 0 aromatic rings. The van der Waals surface area contributed by atoms with Gasteiger partial charge in [0.25, 0.3) is 0 Å². The van der Waals surface area contributed by atoms with E-state index in [1.807, 2.05) is 0 Å². The normalized spacial score (nSPS) is 10.2. The van der Waals surface area contributed by atoms with Crippen LogP contribution in [0.3, 0.4) is 0 Å². The van der Waals surface area contributed by atoms with Gasteiger partial charge in [0.1, 0.15) is 6.29 Å². The lowest BCUT2D eigenvalue weighted by atomic mass is 10.3. The van der Waals surface area contributed by atoms with Crippen molar-refractivity contribution in [1.82, 2.24) is 0 Å². The minimum Gasteiger partial charge on any atom is -0.298 e. The largest absolute Gasteiger partial charge is 0.298 e. The van der Waals surface area contributed by atoms with E-state index in [9.17, 15) is 4.79 Å². The molecule has 0 bridgehead atoms. The van der Waals surface area contributed by atoms with Gasteiger partial charge in [-0.2, -0.15) is 0 Å². The fourth-order valence-electron chi connectivity index (χ4n) is 0.292. The summed E-state index contributed by atoms with van der Waals surface area (Å²) in [6.07, 6.45) is 5.36. The molecular formula is C7H8O. The lowest BCUT2D eigenvalue weighted by Crippen LogP contribution is -1.73. The molecule has 0 radical (unpaired) electrons. The Hall–Kier alpha value is -1.11. The van der Waals surface area contributed by atoms with Gasteiger partial charge in [-0.05, 0) is 0 Å². The van der Waals surface area contributed by atoms with Gasteiger partial charge < -0.3 is 0 Å². The highest BCUT2D eigenvalue weighted by Gasteiger charge is 1.79. The Kier molecular flexibility index (Phi) is 3.50. The van der Waals surface area contributed by atoms with Crippen LogP contribution in [0.4, 0.5) is 0 Å². The van der Waals surface area contributed by atoms with Crippen molar-refractivity contribution in [2.75, 3.05) is 0 Å². The van der Waals surface area contributed by atoms with Crippen molar-refractivity contribution in [2.45, 2.75) is 0 Å². The molecule has 0 saturated heterocycles. The molecule has 1 nitrogen and oxygen atoms in total. The van der Waals surface area contributed by atoms with Gasteiger partial charge in [-0.15, -0.1) is 0 Å². The zero-order valence-corrected chi connectivity index (χ0v) is 4.63. The van der Waals surface area contributed by atoms with Gasteiger partial charge in [-0.25, -0.2) is 0 Å². The molecule has 42 valence electrons. The zero-order chi connectivity index (χ0) is 6.41. The molecule has 0 aliphatic carbocycles. The molecule has 0 rings (SSSR count). The molecule has 0 fully saturated rings. The molecule has 0 aliphatic heterocycles. The smallest absolute Gasteiger partial charge is 0.150 e. The maximum Gasteiger partial charge on any atom is 0.150 e. The topological polar surface area (TPSA) is 17.1 Å². The van der Waals surface area contributed by atoms with Crippen molar-refractivity contribution >= 4 is 6.29 Å². The van der Waals surface area contributed by atoms with Crippen molar-refractivity contribution in [3.05, 3.63) is 37.0 Å². The molecule has 0 aromatic carbocycles. The van der Waals surface area contributed by atoms with Crippen LogP contribution < -0.4 is 0 Å². The molecule has 0 aromatic heterocycles. The average Bonchev–Trinajstić information content (AvgIpc) is 1.83. The Labute approximate surface area is 49.0 Å². The monoisotopic (exact) mass is 108 g/mol. The maximum atomic E-state index is 9.94. The molecule has 1 heteroatoms. The van der Waals surface area contributed by atoms with Crippen LogP contribution in [0.2, 0.25) is 0 Å². The molecule has 8 heavy (non-hydrogen) atoms. The first-order chi connectivity index (χ1) is 3.85. The Morgan fingerprint density at radius 3 is 2.12 bits per heavy atom. The summed E-state index contributed by atoms with van der Waals surface area (Å²) in [5, 5.41) is 0. The second-order valence-electron chi connectivity index (χ2n) is 1.22. The SMILES string of the molecule is C=CC=C(C=C)C=O. The van der Waals surface area contributed by atoms with Crippen LogP contribution in [-0.4, -0.2) is 6.29 Å². The van der Waals surface area contributed by atoms with Crippen molar-refractivity contribution in [2.24, 2.45) is 0 Å². The van der Waals surface area contributed by atoms with E-state index in [1.54, 1.807) is 12.2 Å². The Morgan fingerprint density at radius 1 is 1.38 bits per heavy atom. The fraction of sp³-hybridized carbons (Fsp3) is 0. The minimum absolute atomic E-state index is 0.556. The summed E-state index contributed by atoms with van der Waals surface area (Å²) < 4.78 is 0. The summed E-state index contributed by atoms with van der Waals surface area (Å²) in [4.78, 5) is 9.94. The van der Waals surface area contributed by atoms with Crippen LogP contribution in [0.15, 0.2) is 37.0 Å². The van der Waals surface area contributed by atoms with Crippen molar-refractivity contribution < 1.29 is 4.79 Å². The summed E-state index contributed by atoms with van der Waals surface area (Å²) in [5.41, 5.74) is 0.556. The third-order valence-electron chi connectivity index (χ3n) is 0.682. The number of rotatable bonds is 3. The lowest BCUT2D eigenvalue weighted by molar-refractivity contribution is -0.104. The van der Waals surface area contributed by atoms with Crippen molar-refractivity contribution in [1.29, 1.82) is 0 Å². The molecule has 0 heterocycles. The van der Waals surface area contributed by atoms with Crippen molar-refractivity contribution in [3.63, 3.8) is 0 Å². The highest BCUT2D eigenvalue weighted by molar-refractivity contribution is 5.77. The van der Waals surface area contributed by atoms with Crippen LogP contribution in [-0.2, 0) is 4.79 Å². The Morgan fingerprint density at radius 2 is 2.00 bits per heavy atom. The van der Waals surface area contributed by atoms with E-state index in [0.717, 1.165) is 6.29 Å². The standard InChI is InChI=1S/C7H8O/c1-3-5-7(4-2)6-8/h3-6H,1-2H2. The van der Waals surface area contributed by atoms with Gasteiger partial charge in [0.2, 0.25) is 0 Å². The van der Waals surface area contributed by atoms with Gasteiger partial charge in [-0.1, -0.05) is 31.4 Å². The summed E-state index contributed by atoms with van der Waals surface area (Å²) in [6, 6.07) is 0. The van der Waals surface area contributed by atoms with Crippen LogP contribution in [0.5, 0.6) is 0 Å². The summed E-state index contributed by atoms with van der Waals surface area (Å²) in [5.74, 6) is 0. The van der Waals surface area contributed by atoms with E-state index >= 15 is 0 Å². The van der Waals surface area contributed by atoms with Gasteiger partial charge in [0, 0.05) is 5.57 Å². The van der Waals surface area contributed by atoms with Crippen LogP contribution in [0.25, 0.3) is 0 Å².